The zero-order chi connectivity index (χ0) is 8.39. The van der Waals surface area contributed by atoms with Crippen LogP contribution >= 0.6 is 0 Å². The molecule has 2 spiro atoms. The van der Waals surface area contributed by atoms with Crippen LogP contribution in [-0.2, 0) is 0 Å². The van der Waals surface area contributed by atoms with E-state index in [-0.39, 0.29) is 0 Å². The van der Waals surface area contributed by atoms with Crippen molar-refractivity contribution in [1.82, 2.24) is 0 Å². The summed E-state index contributed by atoms with van der Waals surface area (Å²) in [5, 5.41) is 0. The van der Waals surface area contributed by atoms with Gasteiger partial charge in [0.1, 0.15) is 0 Å². The number of hydrogen-bond donors (Lipinski definition) is 0. The van der Waals surface area contributed by atoms with E-state index in [1.807, 2.05) is 0 Å². The fraction of sp³-hybridized carbons (Fsp3) is 1.00. The second-order valence-electron chi connectivity index (χ2n) is 8.00. The second-order valence-corrected chi connectivity index (χ2v) is 8.00. The van der Waals surface area contributed by atoms with Gasteiger partial charge in [-0.2, -0.15) is 0 Å². The molecule has 0 aromatic heterocycles. The predicted molar refractivity (Wildman–Crippen MR) is 46.6 cm³/mol. The summed E-state index contributed by atoms with van der Waals surface area (Å²) in [6.07, 6.45) is 0. The zero-order valence-corrected chi connectivity index (χ0v) is 8.39. The smallest absolute Gasteiger partial charge is 0.00989 e. The predicted octanol–water partition coefficient (Wildman–Crippen LogP) is 2.15. The fourth-order valence-corrected chi connectivity index (χ4v) is 8.06. The van der Waals surface area contributed by atoms with Crippen molar-refractivity contribution < 1.29 is 0 Å². The summed E-state index contributed by atoms with van der Waals surface area (Å²) in [6.45, 7) is 7.39. The van der Waals surface area contributed by atoms with Crippen LogP contribution < -0.4 is 0 Å². The Hall–Kier alpha value is 0. The molecule has 8 rings (SSSR count). The lowest BCUT2D eigenvalue weighted by molar-refractivity contribution is 0.197. The van der Waals surface area contributed by atoms with Crippen LogP contribution in [0.1, 0.15) is 20.8 Å². The minimum absolute atomic E-state index is 0.974. The first-order valence-electron chi connectivity index (χ1n) is 6.09. The molecule has 0 nitrogen and oxygen atoms in total. The first-order chi connectivity index (χ1) is 6.09. The van der Waals surface area contributed by atoms with Crippen molar-refractivity contribution in [2.75, 3.05) is 0 Å². The van der Waals surface area contributed by atoms with Crippen LogP contribution in [-0.4, -0.2) is 0 Å². The highest BCUT2D eigenvalue weighted by Crippen LogP contribution is 3.36. The summed E-state index contributed by atoms with van der Waals surface area (Å²) in [7, 11) is 0. The molecule has 0 N–H and O–H groups in total. The third-order valence-corrected chi connectivity index (χ3v) is 8.90. The van der Waals surface area contributed by atoms with E-state index in [0.29, 0.717) is 0 Å². The lowest BCUT2D eigenvalue weighted by Gasteiger charge is -2.27. The quantitative estimate of drug-likeness (QED) is 0.522. The lowest BCUT2D eigenvalue weighted by Crippen LogP contribution is -2.23. The van der Waals surface area contributed by atoms with E-state index in [9.17, 15) is 0 Å². The van der Waals surface area contributed by atoms with Gasteiger partial charge in [0, 0.05) is 0 Å². The van der Waals surface area contributed by atoms with Crippen molar-refractivity contribution in [3.05, 3.63) is 0 Å². The minimum atomic E-state index is 0.974. The molecule has 0 heteroatoms. The summed E-state index contributed by atoms with van der Waals surface area (Å²) >= 11 is 0. The standard InChI is InChI=1S/C7H8.C6H6/c1-5-3-6(2)4(5)7(3,5)6;1-5-3-2-4(5)6(2,3)5/h3-4H,1-2H3;2-4H,1H3. The molecule has 0 saturated heterocycles. The molecule has 66 valence electrons. The van der Waals surface area contributed by atoms with Crippen molar-refractivity contribution in [3.63, 3.8) is 0 Å². The van der Waals surface area contributed by atoms with Crippen molar-refractivity contribution in [2.24, 2.45) is 56.7 Å². The molecule has 13 heavy (non-hydrogen) atoms. The SMILES string of the molecule is CC12C3C4(C)C1C324.CC12C3C4C1C432. The van der Waals surface area contributed by atoms with Crippen LogP contribution in [0.4, 0.5) is 0 Å². The Bertz CT molecular complexity index is 430. The number of fused-ring (bicyclic) bond motifs is 8. The van der Waals surface area contributed by atoms with Gasteiger partial charge in [-0.25, -0.2) is 0 Å². The van der Waals surface area contributed by atoms with Crippen molar-refractivity contribution >= 4 is 0 Å². The molecule has 8 fully saturated rings. The van der Waals surface area contributed by atoms with Gasteiger partial charge < -0.3 is 0 Å². The highest BCUT2D eigenvalue weighted by atomic mass is 15.4. The second kappa shape index (κ2) is 0.717. The van der Waals surface area contributed by atoms with E-state index in [1.54, 1.807) is 0 Å². The molecule has 0 amide bonds. The van der Waals surface area contributed by atoms with Crippen molar-refractivity contribution in [3.8, 4) is 0 Å². The molecule has 8 aliphatic rings. The van der Waals surface area contributed by atoms with Gasteiger partial charge in [-0.05, 0) is 56.7 Å². The molecular formula is C13H14. The molecule has 0 aliphatic heterocycles. The first kappa shape index (κ1) is 5.19. The van der Waals surface area contributed by atoms with E-state index in [4.69, 9.17) is 0 Å². The highest BCUT2D eigenvalue weighted by Gasteiger charge is 3.33. The van der Waals surface area contributed by atoms with Crippen LogP contribution in [0.5, 0.6) is 0 Å². The Balaban J connectivity index is 0.0000000701. The average molecular weight is 170 g/mol. The van der Waals surface area contributed by atoms with Gasteiger partial charge in [0.15, 0.2) is 0 Å². The van der Waals surface area contributed by atoms with E-state index < -0.39 is 0 Å². The fourth-order valence-electron chi connectivity index (χ4n) is 8.06. The number of rotatable bonds is 0. The molecule has 0 aromatic carbocycles. The van der Waals surface area contributed by atoms with Crippen LogP contribution in [0.2, 0.25) is 0 Å². The van der Waals surface area contributed by atoms with Gasteiger partial charge >= 0.3 is 0 Å². The normalized spacial score (nSPS) is 116. The topological polar surface area (TPSA) is 0 Å². The Morgan fingerprint density at radius 3 is 1.08 bits per heavy atom. The van der Waals surface area contributed by atoms with E-state index in [0.717, 1.165) is 27.1 Å². The van der Waals surface area contributed by atoms with Gasteiger partial charge in [-0.3, -0.25) is 0 Å². The summed E-state index contributed by atoms with van der Waals surface area (Å²) in [5.41, 5.74) is 5.11. The Labute approximate surface area is 78.1 Å². The zero-order valence-electron chi connectivity index (χ0n) is 8.39. The van der Waals surface area contributed by atoms with Gasteiger partial charge in [0.25, 0.3) is 0 Å². The maximum absolute atomic E-state index is 2.47. The molecule has 0 heterocycles. The Morgan fingerprint density at radius 2 is 1.08 bits per heavy atom. The lowest BCUT2D eigenvalue weighted by atomic mass is 9.77. The van der Waals surface area contributed by atoms with Crippen LogP contribution in [0.3, 0.4) is 0 Å². The minimum Gasteiger partial charge on any atom is -0.0585 e. The van der Waals surface area contributed by atoms with E-state index in [1.165, 1.54) is 29.6 Å². The maximum atomic E-state index is 2.47. The largest absolute Gasteiger partial charge is 0.0585 e. The molecule has 8 aliphatic carbocycles. The van der Waals surface area contributed by atoms with Gasteiger partial charge in [-0.15, -0.1) is 0 Å². The van der Waals surface area contributed by atoms with E-state index >= 15 is 0 Å². The third-order valence-electron chi connectivity index (χ3n) is 8.90. The van der Waals surface area contributed by atoms with Crippen LogP contribution in [0.15, 0.2) is 0 Å². The summed E-state index contributed by atoms with van der Waals surface area (Å²) in [4.78, 5) is 0. The molecule has 0 radical (unpaired) electrons. The maximum Gasteiger partial charge on any atom is -0.00989 e. The number of hydrogen-bond acceptors (Lipinski definition) is 0. The van der Waals surface area contributed by atoms with E-state index in [2.05, 4.69) is 20.8 Å². The average Bonchev–Trinajstić information content (AvgIpc) is 2.73. The first-order valence-corrected chi connectivity index (χ1v) is 6.09. The highest BCUT2D eigenvalue weighted by molar-refractivity contribution is 5.79. The van der Waals surface area contributed by atoms with Crippen molar-refractivity contribution in [1.29, 1.82) is 0 Å². The molecule has 0 aromatic rings. The third kappa shape index (κ3) is 0.166. The molecule has 0 bridgehead atoms. The molecule has 2 atom stereocenters. The van der Waals surface area contributed by atoms with Gasteiger partial charge in [-0.1, -0.05) is 20.8 Å². The van der Waals surface area contributed by atoms with Gasteiger partial charge in [0.2, 0.25) is 0 Å². The monoisotopic (exact) mass is 170 g/mol. The van der Waals surface area contributed by atoms with Crippen LogP contribution in [0.25, 0.3) is 0 Å². The van der Waals surface area contributed by atoms with Crippen molar-refractivity contribution in [2.45, 2.75) is 20.8 Å². The Kier molecular flexibility index (Phi) is 0.286. The molecular weight excluding hydrogens is 156 g/mol. The Morgan fingerprint density at radius 1 is 0.769 bits per heavy atom. The summed E-state index contributed by atoms with van der Waals surface area (Å²) < 4.78 is 0. The molecule has 2 unspecified atom stereocenters. The summed E-state index contributed by atoms with van der Waals surface area (Å²) in [6, 6.07) is 0. The molecule has 8 saturated carbocycles. The summed E-state index contributed by atoms with van der Waals surface area (Å²) in [5.74, 6) is 6.42. The van der Waals surface area contributed by atoms with Gasteiger partial charge in [0.05, 0.1) is 0 Å². The van der Waals surface area contributed by atoms with Crippen LogP contribution in [0, 0.1) is 56.7 Å².